The Morgan fingerprint density at radius 2 is 2.09 bits per heavy atom. The maximum Gasteiger partial charge on any atom is 0.105 e. The minimum absolute atomic E-state index is 0.257. The summed E-state index contributed by atoms with van der Waals surface area (Å²) in [6.07, 6.45) is 2.41. The first kappa shape index (κ1) is 10.9. The van der Waals surface area contributed by atoms with Gasteiger partial charge in [0, 0.05) is 0 Å². The third-order valence-corrected chi connectivity index (χ3v) is 1.91. The van der Waals surface area contributed by atoms with E-state index in [4.69, 9.17) is 10.8 Å². The van der Waals surface area contributed by atoms with Crippen molar-refractivity contribution in [2.24, 2.45) is 11.7 Å². The lowest BCUT2D eigenvalue weighted by molar-refractivity contribution is 0.103. The van der Waals surface area contributed by atoms with Gasteiger partial charge in [-0.1, -0.05) is 13.3 Å². The molecular formula is C8H20N2O. The average Bonchev–Trinajstić information content (AvgIpc) is 1.97. The second kappa shape index (κ2) is 6.58. The Kier molecular flexibility index (Phi) is 6.51. The molecule has 68 valence electrons. The summed E-state index contributed by atoms with van der Waals surface area (Å²) in [7, 11) is 1.91. The van der Waals surface area contributed by atoms with Crippen LogP contribution >= 0.6 is 0 Å². The standard InChI is InChI=1S/C8H20N2O/c1-3-4-7(8(9)11)5-6-10-2/h7-8,10-11H,3-6,9H2,1-2H3. The Bertz CT molecular complexity index is 86.2. The maximum absolute atomic E-state index is 9.12. The predicted molar refractivity (Wildman–Crippen MR) is 47.1 cm³/mol. The predicted octanol–water partition coefficient (Wildman–Crippen LogP) is 0.289. The Morgan fingerprint density at radius 1 is 1.45 bits per heavy atom. The van der Waals surface area contributed by atoms with Gasteiger partial charge in [0.25, 0.3) is 0 Å². The molecule has 0 heterocycles. The van der Waals surface area contributed by atoms with Gasteiger partial charge in [0.05, 0.1) is 0 Å². The Hall–Kier alpha value is -0.120. The van der Waals surface area contributed by atoms with Crippen molar-refractivity contribution in [3.05, 3.63) is 0 Å². The van der Waals surface area contributed by atoms with Crippen LogP contribution in [0.2, 0.25) is 0 Å². The third-order valence-electron chi connectivity index (χ3n) is 1.91. The molecule has 11 heavy (non-hydrogen) atoms. The van der Waals surface area contributed by atoms with Crippen LogP contribution in [0.1, 0.15) is 26.2 Å². The molecule has 0 aromatic rings. The van der Waals surface area contributed by atoms with E-state index in [0.29, 0.717) is 0 Å². The summed E-state index contributed by atoms with van der Waals surface area (Å²) >= 11 is 0. The van der Waals surface area contributed by atoms with Gasteiger partial charge in [0.15, 0.2) is 0 Å². The molecule has 0 rings (SSSR count). The normalized spacial score (nSPS) is 16.4. The number of rotatable bonds is 6. The van der Waals surface area contributed by atoms with Crippen LogP contribution in [0.5, 0.6) is 0 Å². The Labute approximate surface area is 69.0 Å². The van der Waals surface area contributed by atoms with Crippen LogP contribution < -0.4 is 11.1 Å². The van der Waals surface area contributed by atoms with Gasteiger partial charge in [-0.3, -0.25) is 0 Å². The van der Waals surface area contributed by atoms with Gasteiger partial charge >= 0.3 is 0 Å². The van der Waals surface area contributed by atoms with E-state index < -0.39 is 6.23 Å². The number of nitrogens with two attached hydrogens (primary N) is 1. The molecule has 0 bridgehead atoms. The highest BCUT2D eigenvalue weighted by Crippen LogP contribution is 2.11. The topological polar surface area (TPSA) is 58.3 Å². The molecule has 0 aromatic carbocycles. The first-order chi connectivity index (χ1) is 5.22. The van der Waals surface area contributed by atoms with Crippen molar-refractivity contribution in [1.82, 2.24) is 5.32 Å². The van der Waals surface area contributed by atoms with E-state index >= 15 is 0 Å². The van der Waals surface area contributed by atoms with Gasteiger partial charge < -0.3 is 16.2 Å². The molecule has 0 aliphatic carbocycles. The minimum atomic E-state index is -0.650. The van der Waals surface area contributed by atoms with Crippen molar-refractivity contribution in [2.75, 3.05) is 13.6 Å². The summed E-state index contributed by atoms with van der Waals surface area (Å²) in [4.78, 5) is 0. The Morgan fingerprint density at radius 3 is 2.45 bits per heavy atom. The summed E-state index contributed by atoms with van der Waals surface area (Å²) < 4.78 is 0. The monoisotopic (exact) mass is 160 g/mol. The number of aliphatic hydroxyl groups excluding tert-OH is 1. The highest BCUT2D eigenvalue weighted by atomic mass is 16.3. The molecule has 2 unspecified atom stereocenters. The second-order valence-electron chi connectivity index (χ2n) is 2.93. The molecule has 0 fully saturated rings. The summed E-state index contributed by atoms with van der Waals surface area (Å²) in [5.74, 6) is 0.257. The van der Waals surface area contributed by atoms with E-state index in [1.807, 2.05) is 7.05 Å². The van der Waals surface area contributed by atoms with Gasteiger partial charge in [-0.05, 0) is 32.4 Å². The lowest BCUT2D eigenvalue weighted by atomic mass is 9.98. The highest BCUT2D eigenvalue weighted by Gasteiger charge is 2.12. The third kappa shape index (κ3) is 5.18. The summed E-state index contributed by atoms with van der Waals surface area (Å²) in [6, 6.07) is 0. The smallest absolute Gasteiger partial charge is 0.105 e. The molecule has 0 aromatic heterocycles. The molecule has 4 N–H and O–H groups in total. The molecule has 0 radical (unpaired) electrons. The lowest BCUT2D eigenvalue weighted by Crippen LogP contribution is -2.31. The zero-order valence-electron chi connectivity index (χ0n) is 7.51. The van der Waals surface area contributed by atoms with E-state index in [1.165, 1.54) is 0 Å². The number of hydrogen-bond acceptors (Lipinski definition) is 3. The molecule has 0 amide bonds. The molecule has 0 spiro atoms. The molecule has 0 aliphatic rings. The average molecular weight is 160 g/mol. The van der Waals surface area contributed by atoms with Gasteiger partial charge in [0.2, 0.25) is 0 Å². The van der Waals surface area contributed by atoms with Crippen LogP contribution in [0, 0.1) is 5.92 Å². The van der Waals surface area contributed by atoms with E-state index in [-0.39, 0.29) is 5.92 Å². The van der Waals surface area contributed by atoms with Crippen molar-refractivity contribution in [3.8, 4) is 0 Å². The number of aliphatic hydroxyl groups is 1. The zero-order chi connectivity index (χ0) is 8.69. The Balaban J connectivity index is 3.51. The SMILES string of the molecule is CCCC(CCNC)C(N)O. The molecule has 2 atom stereocenters. The maximum atomic E-state index is 9.12. The fraction of sp³-hybridized carbons (Fsp3) is 1.00. The van der Waals surface area contributed by atoms with Crippen molar-refractivity contribution in [2.45, 2.75) is 32.4 Å². The van der Waals surface area contributed by atoms with Crippen LogP contribution in [0.15, 0.2) is 0 Å². The zero-order valence-corrected chi connectivity index (χ0v) is 7.51. The van der Waals surface area contributed by atoms with E-state index in [0.717, 1.165) is 25.8 Å². The van der Waals surface area contributed by atoms with Crippen molar-refractivity contribution in [3.63, 3.8) is 0 Å². The van der Waals surface area contributed by atoms with Gasteiger partial charge in [0.1, 0.15) is 6.23 Å². The second-order valence-corrected chi connectivity index (χ2v) is 2.93. The molecular weight excluding hydrogens is 140 g/mol. The molecule has 0 saturated heterocycles. The fourth-order valence-electron chi connectivity index (χ4n) is 1.19. The first-order valence-corrected chi connectivity index (χ1v) is 4.30. The molecule has 0 aliphatic heterocycles. The molecule has 3 nitrogen and oxygen atoms in total. The largest absolute Gasteiger partial charge is 0.379 e. The minimum Gasteiger partial charge on any atom is -0.379 e. The van der Waals surface area contributed by atoms with Gasteiger partial charge in [-0.2, -0.15) is 0 Å². The summed E-state index contributed by atoms with van der Waals surface area (Å²) in [6.45, 7) is 3.04. The van der Waals surface area contributed by atoms with Crippen molar-refractivity contribution >= 4 is 0 Å². The van der Waals surface area contributed by atoms with Crippen LogP contribution in [0.3, 0.4) is 0 Å². The van der Waals surface area contributed by atoms with E-state index in [9.17, 15) is 0 Å². The van der Waals surface area contributed by atoms with Crippen LogP contribution in [0.25, 0.3) is 0 Å². The van der Waals surface area contributed by atoms with Crippen molar-refractivity contribution in [1.29, 1.82) is 0 Å². The van der Waals surface area contributed by atoms with Gasteiger partial charge in [-0.15, -0.1) is 0 Å². The van der Waals surface area contributed by atoms with E-state index in [1.54, 1.807) is 0 Å². The molecule has 0 saturated carbocycles. The highest BCUT2D eigenvalue weighted by molar-refractivity contribution is 4.64. The van der Waals surface area contributed by atoms with Crippen LogP contribution in [-0.4, -0.2) is 24.9 Å². The lowest BCUT2D eigenvalue weighted by Gasteiger charge is -2.18. The van der Waals surface area contributed by atoms with Crippen LogP contribution in [-0.2, 0) is 0 Å². The van der Waals surface area contributed by atoms with Gasteiger partial charge in [-0.25, -0.2) is 0 Å². The quantitative estimate of drug-likeness (QED) is 0.489. The van der Waals surface area contributed by atoms with E-state index in [2.05, 4.69) is 12.2 Å². The number of nitrogens with one attached hydrogen (secondary N) is 1. The summed E-state index contributed by atoms with van der Waals surface area (Å²) in [5, 5.41) is 12.2. The first-order valence-electron chi connectivity index (χ1n) is 4.30. The number of hydrogen-bond donors (Lipinski definition) is 3. The molecule has 3 heteroatoms. The fourth-order valence-corrected chi connectivity index (χ4v) is 1.19. The van der Waals surface area contributed by atoms with Crippen LogP contribution in [0.4, 0.5) is 0 Å². The van der Waals surface area contributed by atoms with Crippen molar-refractivity contribution < 1.29 is 5.11 Å². The summed E-state index contributed by atoms with van der Waals surface area (Å²) in [5.41, 5.74) is 5.39.